The Kier molecular flexibility index (Phi) is 5.30. The van der Waals surface area contributed by atoms with Crippen molar-refractivity contribution in [1.29, 1.82) is 0 Å². The van der Waals surface area contributed by atoms with E-state index in [4.69, 9.17) is 11.2 Å². The first-order chi connectivity index (χ1) is 7.63. The van der Waals surface area contributed by atoms with Gasteiger partial charge in [-0.05, 0) is 35.0 Å². The van der Waals surface area contributed by atoms with Crippen molar-refractivity contribution in [2.24, 2.45) is 0 Å². The molecule has 0 heterocycles. The van der Waals surface area contributed by atoms with E-state index in [1.54, 1.807) is 6.07 Å². The second-order valence-corrected chi connectivity index (χ2v) is 4.19. The van der Waals surface area contributed by atoms with Crippen LogP contribution in [0.5, 0.6) is 5.75 Å². The van der Waals surface area contributed by atoms with E-state index in [0.29, 0.717) is 18.8 Å². The van der Waals surface area contributed by atoms with Crippen molar-refractivity contribution in [3.8, 4) is 18.1 Å². The van der Waals surface area contributed by atoms with E-state index >= 15 is 0 Å². The van der Waals surface area contributed by atoms with Crippen molar-refractivity contribution in [3.05, 3.63) is 28.5 Å². The summed E-state index contributed by atoms with van der Waals surface area (Å²) in [6.07, 6.45) is 5.02. The van der Waals surface area contributed by atoms with Gasteiger partial charge in [-0.3, -0.25) is 0 Å². The average molecular weight is 286 g/mol. The van der Waals surface area contributed by atoms with Crippen molar-refractivity contribution >= 4 is 15.9 Å². The first kappa shape index (κ1) is 13.0. The van der Waals surface area contributed by atoms with Crippen LogP contribution in [0.3, 0.4) is 0 Å². The fourth-order valence-corrected chi connectivity index (χ4v) is 1.51. The highest BCUT2D eigenvalue weighted by Crippen LogP contribution is 2.26. The smallest absolute Gasteiger partial charge is 0.136 e. The van der Waals surface area contributed by atoms with Gasteiger partial charge >= 0.3 is 0 Å². The van der Waals surface area contributed by atoms with E-state index in [1.807, 2.05) is 6.92 Å². The zero-order valence-electron chi connectivity index (χ0n) is 8.97. The summed E-state index contributed by atoms with van der Waals surface area (Å²) < 4.78 is 19.2. The maximum Gasteiger partial charge on any atom is 0.136 e. The highest BCUT2D eigenvalue weighted by Gasteiger charge is 2.07. The van der Waals surface area contributed by atoms with E-state index in [9.17, 15) is 4.39 Å². The van der Waals surface area contributed by atoms with Gasteiger partial charge in [-0.2, -0.15) is 0 Å². The van der Waals surface area contributed by atoms with Gasteiger partial charge in [-0.1, -0.05) is 5.92 Å². The minimum Gasteiger partial charge on any atom is -0.488 e. The van der Waals surface area contributed by atoms with Gasteiger partial charge in [0.2, 0.25) is 0 Å². The summed E-state index contributed by atoms with van der Waals surface area (Å²) in [7, 11) is 0. The molecule has 0 fully saturated rings. The van der Waals surface area contributed by atoms with Crippen LogP contribution in [0.1, 0.15) is 6.92 Å². The molecule has 0 radical (unpaired) electrons. The molecule has 86 valence electrons. The molecule has 1 rings (SSSR count). The number of nitrogens with one attached hydrogen (secondary N) is 1. The van der Waals surface area contributed by atoms with Gasteiger partial charge in [0.15, 0.2) is 0 Å². The second-order valence-electron chi connectivity index (χ2n) is 3.34. The summed E-state index contributed by atoms with van der Waals surface area (Å²) in [6.45, 7) is 3.01. The number of hydrogen-bond acceptors (Lipinski definition) is 2. The van der Waals surface area contributed by atoms with Gasteiger partial charge < -0.3 is 10.1 Å². The number of terminal acetylenes is 1. The molecule has 0 aliphatic rings. The van der Waals surface area contributed by atoms with Gasteiger partial charge in [0.25, 0.3) is 0 Å². The van der Waals surface area contributed by atoms with Crippen LogP contribution in [-0.4, -0.2) is 19.2 Å². The molecular weight excluding hydrogens is 273 g/mol. The van der Waals surface area contributed by atoms with Crippen LogP contribution in [-0.2, 0) is 0 Å². The lowest BCUT2D eigenvalue weighted by Gasteiger charge is -2.15. The van der Waals surface area contributed by atoms with Gasteiger partial charge in [-0.15, -0.1) is 6.42 Å². The molecular formula is C12H13BrFNO. The summed E-state index contributed by atoms with van der Waals surface area (Å²) >= 11 is 3.30. The van der Waals surface area contributed by atoms with Gasteiger partial charge in [0.05, 0.1) is 11.0 Å². The highest BCUT2D eigenvalue weighted by molar-refractivity contribution is 9.10. The first-order valence-corrected chi connectivity index (χ1v) is 5.68. The minimum atomic E-state index is -0.318. The van der Waals surface area contributed by atoms with E-state index < -0.39 is 0 Å². The number of benzene rings is 1. The maximum atomic E-state index is 13.0. The Bertz CT molecular complexity index is 389. The number of halogens is 2. The topological polar surface area (TPSA) is 21.3 Å². The predicted molar refractivity (Wildman–Crippen MR) is 65.9 cm³/mol. The second kappa shape index (κ2) is 6.51. The monoisotopic (exact) mass is 285 g/mol. The van der Waals surface area contributed by atoms with Crippen LogP contribution in [0.25, 0.3) is 0 Å². The molecule has 0 spiro atoms. The van der Waals surface area contributed by atoms with Crippen LogP contribution < -0.4 is 10.1 Å². The Morgan fingerprint density at radius 3 is 3.06 bits per heavy atom. The van der Waals surface area contributed by atoms with E-state index in [-0.39, 0.29) is 11.9 Å². The molecule has 1 aromatic rings. The largest absolute Gasteiger partial charge is 0.488 e. The van der Waals surface area contributed by atoms with Crippen LogP contribution >= 0.6 is 15.9 Å². The molecule has 0 saturated carbocycles. The van der Waals surface area contributed by atoms with E-state index in [1.165, 1.54) is 12.1 Å². The summed E-state index contributed by atoms with van der Waals surface area (Å²) in [5, 5.41) is 3.02. The average Bonchev–Trinajstić information content (AvgIpc) is 2.24. The van der Waals surface area contributed by atoms with Crippen molar-refractivity contribution in [2.45, 2.75) is 13.0 Å². The minimum absolute atomic E-state index is 0.0774. The Labute approximate surface area is 103 Å². The normalized spacial score (nSPS) is 11.9. The molecule has 0 aliphatic heterocycles. The molecule has 1 unspecified atom stereocenters. The zero-order valence-corrected chi connectivity index (χ0v) is 10.6. The van der Waals surface area contributed by atoms with Crippen molar-refractivity contribution in [1.82, 2.24) is 5.32 Å². The molecule has 1 aromatic carbocycles. The Morgan fingerprint density at radius 2 is 2.38 bits per heavy atom. The number of ether oxygens (including phenoxy) is 1. The SMILES string of the molecule is C#CCNCC(C)Oc1cc(F)ccc1Br. The molecule has 4 heteroatoms. The van der Waals surface area contributed by atoms with E-state index in [0.717, 1.165) is 4.47 Å². The third-order valence-electron chi connectivity index (χ3n) is 1.88. The zero-order chi connectivity index (χ0) is 12.0. The molecule has 2 nitrogen and oxygen atoms in total. The maximum absolute atomic E-state index is 13.0. The third kappa shape index (κ3) is 4.21. The molecule has 1 atom stereocenters. The Morgan fingerprint density at radius 1 is 1.62 bits per heavy atom. The van der Waals surface area contributed by atoms with Crippen LogP contribution in [0.15, 0.2) is 22.7 Å². The first-order valence-electron chi connectivity index (χ1n) is 4.89. The van der Waals surface area contributed by atoms with Crippen LogP contribution in [0.4, 0.5) is 4.39 Å². The lowest BCUT2D eigenvalue weighted by molar-refractivity contribution is 0.217. The standard InChI is InChI=1S/C12H13BrFNO/c1-3-6-15-8-9(2)16-12-7-10(14)4-5-11(12)13/h1,4-5,7,9,15H,6,8H2,2H3. The van der Waals surface area contributed by atoms with Gasteiger partial charge in [0.1, 0.15) is 17.7 Å². The molecule has 0 saturated heterocycles. The summed E-state index contributed by atoms with van der Waals surface area (Å²) in [5.41, 5.74) is 0. The van der Waals surface area contributed by atoms with Crippen LogP contribution in [0, 0.1) is 18.2 Å². The van der Waals surface area contributed by atoms with Crippen LogP contribution in [0.2, 0.25) is 0 Å². The molecule has 16 heavy (non-hydrogen) atoms. The molecule has 0 amide bonds. The Hall–Kier alpha value is -1.05. The summed E-state index contributed by atoms with van der Waals surface area (Å²) in [4.78, 5) is 0. The van der Waals surface area contributed by atoms with Crippen molar-refractivity contribution in [3.63, 3.8) is 0 Å². The quantitative estimate of drug-likeness (QED) is 0.663. The van der Waals surface area contributed by atoms with Gasteiger partial charge in [0, 0.05) is 12.6 Å². The molecule has 0 aromatic heterocycles. The van der Waals surface area contributed by atoms with Crippen molar-refractivity contribution < 1.29 is 9.13 Å². The fourth-order valence-electron chi connectivity index (χ4n) is 1.17. The lowest BCUT2D eigenvalue weighted by atomic mass is 10.3. The molecule has 0 bridgehead atoms. The number of rotatable bonds is 5. The van der Waals surface area contributed by atoms with Crippen molar-refractivity contribution in [2.75, 3.05) is 13.1 Å². The van der Waals surface area contributed by atoms with E-state index in [2.05, 4.69) is 27.2 Å². The fraction of sp³-hybridized carbons (Fsp3) is 0.333. The van der Waals surface area contributed by atoms with Gasteiger partial charge in [-0.25, -0.2) is 4.39 Å². The lowest BCUT2D eigenvalue weighted by Crippen LogP contribution is -2.29. The summed E-state index contributed by atoms with van der Waals surface area (Å²) in [6, 6.07) is 4.34. The summed E-state index contributed by atoms with van der Waals surface area (Å²) in [5.74, 6) is 2.65. The molecule has 1 N–H and O–H groups in total. The highest BCUT2D eigenvalue weighted by atomic mass is 79.9. The Balaban J connectivity index is 2.52. The molecule has 0 aliphatic carbocycles. The predicted octanol–water partition coefficient (Wildman–Crippen LogP) is 2.58. The third-order valence-corrected chi connectivity index (χ3v) is 2.54. The number of hydrogen-bond donors (Lipinski definition) is 1.